The molecular formula is C21H26F2N4O2. The molecule has 2 amide bonds. The van der Waals surface area contributed by atoms with Crippen LogP contribution in [0.4, 0.5) is 8.78 Å². The summed E-state index contributed by atoms with van der Waals surface area (Å²) < 4.78 is 25.6. The number of aromatic nitrogens is 2. The number of halogens is 2. The van der Waals surface area contributed by atoms with E-state index in [1.807, 2.05) is 4.90 Å². The number of hydrogen-bond acceptors (Lipinski definition) is 3. The molecular weight excluding hydrogens is 378 g/mol. The zero-order chi connectivity index (χ0) is 20.5. The second-order valence-electron chi connectivity index (χ2n) is 8.25. The first kappa shape index (κ1) is 19.8. The van der Waals surface area contributed by atoms with Crippen LogP contribution in [0.1, 0.15) is 55.2 Å². The Morgan fingerprint density at radius 3 is 2.59 bits per heavy atom. The van der Waals surface area contributed by atoms with E-state index in [-0.39, 0.29) is 17.7 Å². The van der Waals surface area contributed by atoms with Gasteiger partial charge in [0.05, 0.1) is 11.0 Å². The van der Waals surface area contributed by atoms with Crippen LogP contribution >= 0.6 is 0 Å². The summed E-state index contributed by atoms with van der Waals surface area (Å²) in [6, 6.07) is 4.77. The molecule has 2 aromatic rings. The Balaban J connectivity index is 1.38. The van der Waals surface area contributed by atoms with Crippen molar-refractivity contribution in [3.05, 3.63) is 29.6 Å². The van der Waals surface area contributed by atoms with E-state index in [0.717, 1.165) is 19.5 Å². The first-order chi connectivity index (χ1) is 13.9. The zero-order valence-electron chi connectivity index (χ0n) is 16.5. The third-order valence-electron chi connectivity index (χ3n) is 6.05. The van der Waals surface area contributed by atoms with Crippen LogP contribution in [-0.2, 0) is 4.79 Å². The van der Waals surface area contributed by atoms with Gasteiger partial charge in [0, 0.05) is 37.7 Å². The number of hydrogen-bond donors (Lipinski definition) is 1. The number of amides is 2. The highest BCUT2D eigenvalue weighted by atomic mass is 19.3. The highest BCUT2D eigenvalue weighted by Crippen LogP contribution is 2.25. The van der Waals surface area contributed by atoms with E-state index in [1.165, 1.54) is 6.42 Å². The molecule has 0 saturated carbocycles. The molecule has 0 aliphatic carbocycles. The number of carbonyl (C=O) groups is 2. The lowest BCUT2D eigenvalue weighted by atomic mass is 9.92. The molecule has 0 radical (unpaired) electrons. The number of nitrogens with one attached hydrogen (secondary N) is 1. The topological polar surface area (TPSA) is 69.3 Å². The lowest BCUT2D eigenvalue weighted by Gasteiger charge is -2.37. The average Bonchev–Trinajstić information content (AvgIpc) is 3.16. The van der Waals surface area contributed by atoms with E-state index in [9.17, 15) is 18.4 Å². The van der Waals surface area contributed by atoms with Gasteiger partial charge in [0.1, 0.15) is 0 Å². The first-order valence-corrected chi connectivity index (χ1v) is 10.3. The minimum atomic E-state index is -2.68. The van der Waals surface area contributed by atoms with Crippen LogP contribution in [0.5, 0.6) is 0 Å². The molecule has 29 heavy (non-hydrogen) atoms. The van der Waals surface area contributed by atoms with Crippen molar-refractivity contribution in [1.29, 1.82) is 0 Å². The smallest absolute Gasteiger partial charge is 0.295 e. The maximum Gasteiger partial charge on any atom is 0.295 e. The molecule has 1 aromatic heterocycles. The molecule has 8 heteroatoms. The number of rotatable bonds is 3. The van der Waals surface area contributed by atoms with Gasteiger partial charge in [-0.25, -0.2) is 13.8 Å². The number of carbonyl (C=O) groups excluding carboxylic acids is 2. The molecule has 4 rings (SSSR count). The summed E-state index contributed by atoms with van der Waals surface area (Å²) in [7, 11) is 0. The number of alkyl halides is 2. The van der Waals surface area contributed by atoms with Crippen molar-refractivity contribution in [3.63, 3.8) is 0 Å². The maximum absolute atomic E-state index is 12.9. The lowest BCUT2D eigenvalue weighted by Crippen LogP contribution is -2.47. The van der Waals surface area contributed by atoms with Crippen LogP contribution < -0.4 is 0 Å². The van der Waals surface area contributed by atoms with Crippen LogP contribution in [0.15, 0.2) is 18.2 Å². The summed E-state index contributed by atoms with van der Waals surface area (Å²) in [6.45, 7) is 4.92. The Morgan fingerprint density at radius 1 is 1.14 bits per heavy atom. The summed E-state index contributed by atoms with van der Waals surface area (Å²) in [5.74, 6) is 0.223. The molecule has 6 nitrogen and oxygen atoms in total. The number of aromatic amines is 1. The molecule has 1 N–H and O–H groups in total. The van der Waals surface area contributed by atoms with Crippen LogP contribution in [0.2, 0.25) is 0 Å². The fraction of sp³-hybridized carbons (Fsp3) is 0.571. The number of likely N-dealkylation sites (tertiary alicyclic amines) is 2. The summed E-state index contributed by atoms with van der Waals surface area (Å²) in [6.07, 6.45) is 0.888. The van der Waals surface area contributed by atoms with Crippen molar-refractivity contribution in [1.82, 2.24) is 19.8 Å². The van der Waals surface area contributed by atoms with Gasteiger partial charge in [-0.2, -0.15) is 0 Å². The lowest BCUT2D eigenvalue weighted by molar-refractivity contribution is -0.138. The molecule has 1 atom stereocenters. The molecule has 1 aromatic carbocycles. The van der Waals surface area contributed by atoms with Gasteiger partial charge in [-0.1, -0.05) is 6.92 Å². The summed E-state index contributed by atoms with van der Waals surface area (Å²) in [4.78, 5) is 35.8. The van der Waals surface area contributed by atoms with Crippen molar-refractivity contribution in [2.24, 2.45) is 11.8 Å². The van der Waals surface area contributed by atoms with Gasteiger partial charge < -0.3 is 14.8 Å². The van der Waals surface area contributed by atoms with Gasteiger partial charge in [-0.05, 0) is 49.8 Å². The molecule has 2 aliphatic heterocycles. The Morgan fingerprint density at radius 2 is 1.90 bits per heavy atom. The minimum absolute atomic E-state index is 0.0203. The van der Waals surface area contributed by atoms with Crippen molar-refractivity contribution >= 4 is 22.8 Å². The predicted molar refractivity (Wildman–Crippen MR) is 105 cm³/mol. The van der Waals surface area contributed by atoms with Gasteiger partial charge in [-0.15, -0.1) is 0 Å². The highest BCUT2D eigenvalue weighted by molar-refractivity contribution is 5.97. The SMILES string of the molecule is CC1CCCN(C(=O)C2CCN(C(=O)c3ccc4nc(C(F)F)[nH]c4c3)CC2)C1. The number of H-pyrrole nitrogens is 1. The summed E-state index contributed by atoms with van der Waals surface area (Å²) in [5.41, 5.74) is 1.28. The first-order valence-electron chi connectivity index (χ1n) is 10.3. The average molecular weight is 404 g/mol. The van der Waals surface area contributed by atoms with Gasteiger partial charge in [0.15, 0.2) is 5.82 Å². The van der Waals surface area contributed by atoms with Crippen molar-refractivity contribution in [2.45, 2.75) is 39.0 Å². The van der Waals surface area contributed by atoms with Gasteiger partial charge >= 0.3 is 0 Å². The molecule has 2 aliphatic rings. The minimum Gasteiger partial charge on any atom is -0.342 e. The number of imidazole rings is 1. The number of fused-ring (bicyclic) bond motifs is 1. The Kier molecular flexibility index (Phi) is 5.52. The van der Waals surface area contributed by atoms with E-state index in [4.69, 9.17) is 0 Å². The zero-order valence-corrected chi connectivity index (χ0v) is 16.5. The van der Waals surface area contributed by atoms with Gasteiger partial charge in [0.2, 0.25) is 5.91 Å². The fourth-order valence-electron chi connectivity index (χ4n) is 4.43. The molecule has 3 heterocycles. The summed E-state index contributed by atoms with van der Waals surface area (Å²) >= 11 is 0. The Bertz CT molecular complexity index is 905. The van der Waals surface area contributed by atoms with Gasteiger partial charge in [0.25, 0.3) is 12.3 Å². The summed E-state index contributed by atoms with van der Waals surface area (Å²) in [5, 5.41) is 0. The van der Waals surface area contributed by atoms with Crippen LogP contribution in [0, 0.1) is 11.8 Å². The van der Waals surface area contributed by atoms with Crippen molar-refractivity contribution in [2.75, 3.05) is 26.2 Å². The van der Waals surface area contributed by atoms with Crippen LogP contribution in [0.3, 0.4) is 0 Å². The molecule has 2 saturated heterocycles. The van der Waals surface area contributed by atoms with E-state index < -0.39 is 12.2 Å². The van der Waals surface area contributed by atoms with E-state index in [1.54, 1.807) is 23.1 Å². The largest absolute Gasteiger partial charge is 0.342 e. The Hall–Kier alpha value is -2.51. The molecule has 0 bridgehead atoms. The van der Waals surface area contributed by atoms with Crippen LogP contribution in [0.25, 0.3) is 11.0 Å². The normalized spacial score (nSPS) is 21.2. The quantitative estimate of drug-likeness (QED) is 0.850. The monoisotopic (exact) mass is 404 g/mol. The maximum atomic E-state index is 12.9. The van der Waals surface area contributed by atoms with Gasteiger partial charge in [-0.3, -0.25) is 9.59 Å². The van der Waals surface area contributed by atoms with E-state index in [2.05, 4.69) is 16.9 Å². The number of benzene rings is 1. The predicted octanol–water partition coefficient (Wildman–Crippen LogP) is 3.61. The second kappa shape index (κ2) is 8.08. The number of nitrogens with zero attached hydrogens (tertiary/aromatic N) is 3. The fourth-order valence-corrected chi connectivity index (χ4v) is 4.43. The van der Waals surface area contributed by atoms with Crippen LogP contribution in [-0.4, -0.2) is 57.8 Å². The molecule has 156 valence electrons. The number of piperidine rings is 2. The standard InChI is InChI=1S/C21H26F2N4O2/c1-13-3-2-8-27(12-13)20(28)14-6-9-26(10-7-14)21(29)15-4-5-16-17(11-15)25-19(24-16)18(22)23/h4-5,11,13-14,18H,2-3,6-10,12H2,1H3,(H,24,25). The molecule has 0 spiro atoms. The second-order valence-corrected chi connectivity index (χ2v) is 8.25. The highest BCUT2D eigenvalue weighted by Gasteiger charge is 2.32. The van der Waals surface area contributed by atoms with Crippen molar-refractivity contribution in [3.8, 4) is 0 Å². The molecule has 1 unspecified atom stereocenters. The Labute approximate surface area is 168 Å². The third-order valence-corrected chi connectivity index (χ3v) is 6.05. The van der Waals surface area contributed by atoms with E-state index in [0.29, 0.717) is 48.4 Å². The molecule has 2 fully saturated rings. The third kappa shape index (κ3) is 4.11. The van der Waals surface area contributed by atoms with E-state index >= 15 is 0 Å². The van der Waals surface area contributed by atoms with Crippen molar-refractivity contribution < 1.29 is 18.4 Å².